The summed E-state index contributed by atoms with van der Waals surface area (Å²) < 4.78 is 0. The first-order valence-corrected chi connectivity index (χ1v) is 7.21. The van der Waals surface area contributed by atoms with Gasteiger partial charge in [-0.05, 0) is 36.2 Å². The maximum atomic E-state index is 6.25. The molecule has 2 aromatic rings. The fourth-order valence-corrected chi connectivity index (χ4v) is 2.28. The second kappa shape index (κ2) is 7.78. The number of benzene rings is 1. The number of rotatable bonds is 7. The Morgan fingerprint density at radius 2 is 1.80 bits per heavy atom. The van der Waals surface area contributed by atoms with Crippen LogP contribution in [0, 0.1) is 0 Å². The summed E-state index contributed by atoms with van der Waals surface area (Å²) >= 11 is 0. The highest BCUT2D eigenvalue weighted by Crippen LogP contribution is 2.14. The highest BCUT2D eigenvalue weighted by Gasteiger charge is 2.09. The van der Waals surface area contributed by atoms with Gasteiger partial charge in [0.1, 0.15) is 0 Å². The average Bonchev–Trinajstić information content (AvgIpc) is 2.53. The largest absolute Gasteiger partial charge is 0.324 e. The van der Waals surface area contributed by atoms with Crippen molar-refractivity contribution in [2.45, 2.75) is 25.9 Å². The average molecular weight is 269 g/mol. The first-order chi connectivity index (χ1) is 9.79. The quantitative estimate of drug-likeness (QED) is 0.840. The van der Waals surface area contributed by atoms with Gasteiger partial charge in [0.05, 0.1) is 0 Å². The molecule has 0 aliphatic carbocycles. The Labute approximate surface area is 121 Å². The lowest BCUT2D eigenvalue weighted by molar-refractivity contribution is 0.268. The molecule has 1 unspecified atom stereocenters. The van der Waals surface area contributed by atoms with Crippen molar-refractivity contribution in [1.29, 1.82) is 0 Å². The third-order valence-corrected chi connectivity index (χ3v) is 3.59. The highest BCUT2D eigenvalue weighted by atomic mass is 15.1. The van der Waals surface area contributed by atoms with Gasteiger partial charge in [-0.3, -0.25) is 9.88 Å². The van der Waals surface area contributed by atoms with Gasteiger partial charge < -0.3 is 5.73 Å². The van der Waals surface area contributed by atoms with E-state index in [1.807, 2.05) is 30.6 Å². The summed E-state index contributed by atoms with van der Waals surface area (Å²) in [5.74, 6) is 0. The highest BCUT2D eigenvalue weighted by molar-refractivity contribution is 5.18. The van der Waals surface area contributed by atoms with Crippen LogP contribution < -0.4 is 5.73 Å². The Bertz CT molecular complexity index is 484. The first kappa shape index (κ1) is 14.7. The second-order valence-corrected chi connectivity index (χ2v) is 5.03. The molecule has 20 heavy (non-hydrogen) atoms. The smallest absolute Gasteiger partial charge is 0.0307 e. The summed E-state index contributed by atoms with van der Waals surface area (Å²) in [5, 5.41) is 0. The lowest BCUT2D eigenvalue weighted by Gasteiger charge is -2.22. The molecule has 0 amide bonds. The minimum Gasteiger partial charge on any atom is -0.324 e. The number of nitrogens with two attached hydrogens (primary N) is 1. The van der Waals surface area contributed by atoms with Gasteiger partial charge in [0.15, 0.2) is 0 Å². The van der Waals surface area contributed by atoms with Crippen LogP contribution in [0.4, 0.5) is 0 Å². The van der Waals surface area contributed by atoms with E-state index >= 15 is 0 Å². The molecular weight excluding hydrogens is 246 g/mol. The molecule has 3 nitrogen and oxygen atoms in total. The van der Waals surface area contributed by atoms with Crippen molar-refractivity contribution < 1.29 is 0 Å². The molecule has 0 aliphatic rings. The minimum absolute atomic E-state index is 0.114. The van der Waals surface area contributed by atoms with Gasteiger partial charge in [-0.1, -0.05) is 37.3 Å². The van der Waals surface area contributed by atoms with Gasteiger partial charge in [0.25, 0.3) is 0 Å². The van der Waals surface area contributed by atoms with Gasteiger partial charge >= 0.3 is 0 Å². The number of nitrogens with zero attached hydrogens (tertiary/aromatic N) is 2. The fraction of sp³-hybridized carbons (Fsp3) is 0.353. The molecule has 2 rings (SSSR count). The molecule has 2 N–H and O–H groups in total. The Hall–Kier alpha value is -1.71. The first-order valence-electron chi connectivity index (χ1n) is 7.21. The topological polar surface area (TPSA) is 42.1 Å². The van der Waals surface area contributed by atoms with Gasteiger partial charge in [-0.25, -0.2) is 0 Å². The monoisotopic (exact) mass is 269 g/mol. The Balaban J connectivity index is 1.85. The fourth-order valence-electron chi connectivity index (χ4n) is 2.28. The van der Waals surface area contributed by atoms with E-state index in [-0.39, 0.29) is 6.04 Å². The van der Waals surface area contributed by atoms with E-state index in [2.05, 4.69) is 41.1 Å². The van der Waals surface area contributed by atoms with E-state index in [9.17, 15) is 0 Å². The molecule has 106 valence electrons. The number of hydrogen-bond acceptors (Lipinski definition) is 3. The van der Waals surface area contributed by atoms with E-state index in [0.29, 0.717) is 0 Å². The third-order valence-electron chi connectivity index (χ3n) is 3.59. The lowest BCUT2D eigenvalue weighted by Crippen LogP contribution is -2.27. The summed E-state index contributed by atoms with van der Waals surface area (Å²) in [6.45, 7) is 5.19. The summed E-state index contributed by atoms with van der Waals surface area (Å²) in [7, 11) is 0. The zero-order chi connectivity index (χ0) is 14.2. The Kier molecular flexibility index (Phi) is 5.71. The zero-order valence-electron chi connectivity index (χ0n) is 12.1. The summed E-state index contributed by atoms with van der Waals surface area (Å²) in [6, 6.07) is 14.6. The predicted octanol–water partition coefficient (Wildman–Crippen LogP) is 2.99. The lowest BCUT2D eigenvalue weighted by atomic mass is 10.0. The van der Waals surface area contributed by atoms with Crippen molar-refractivity contribution in [2.75, 3.05) is 13.1 Å². The van der Waals surface area contributed by atoms with Crippen LogP contribution in [0.2, 0.25) is 0 Å². The third kappa shape index (κ3) is 4.44. The zero-order valence-corrected chi connectivity index (χ0v) is 12.1. The molecule has 1 aromatic heterocycles. The molecule has 0 aliphatic heterocycles. The van der Waals surface area contributed by atoms with Crippen LogP contribution in [0.5, 0.6) is 0 Å². The van der Waals surface area contributed by atoms with Crippen LogP contribution in [0.15, 0.2) is 54.9 Å². The summed E-state index contributed by atoms with van der Waals surface area (Å²) in [6.07, 6.45) is 4.67. The van der Waals surface area contributed by atoms with Crippen LogP contribution in [-0.2, 0) is 6.54 Å². The van der Waals surface area contributed by atoms with Crippen molar-refractivity contribution in [3.63, 3.8) is 0 Å². The molecule has 0 spiro atoms. The minimum atomic E-state index is 0.114. The van der Waals surface area contributed by atoms with E-state index < -0.39 is 0 Å². The molecule has 0 radical (unpaired) electrons. The number of aromatic nitrogens is 1. The van der Waals surface area contributed by atoms with Crippen molar-refractivity contribution in [3.8, 4) is 0 Å². The molecule has 1 aromatic carbocycles. The van der Waals surface area contributed by atoms with Crippen LogP contribution in [0.3, 0.4) is 0 Å². The Morgan fingerprint density at radius 1 is 1.10 bits per heavy atom. The van der Waals surface area contributed by atoms with E-state index in [1.54, 1.807) is 0 Å². The van der Waals surface area contributed by atoms with Crippen molar-refractivity contribution in [1.82, 2.24) is 9.88 Å². The maximum Gasteiger partial charge on any atom is 0.0307 e. The molecule has 1 heterocycles. The molecule has 0 fully saturated rings. The van der Waals surface area contributed by atoms with Crippen molar-refractivity contribution in [2.24, 2.45) is 5.73 Å². The number of hydrogen-bond donors (Lipinski definition) is 1. The normalized spacial score (nSPS) is 12.6. The van der Waals surface area contributed by atoms with Gasteiger partial charge in [0, 0.05) is 31.5 Å². The molecule has 0 saturated heterocycles. The second-order valence-electron chi connectivity index (χ2n) is 5.03. The van der Waals surface area contributed by atoms with Crippen molar-refractivity contribution in [3.05, 3.63) is 66.0 Å². The number of pyridine rings is 1. The summed E-state index contributed by atoms with van der Waals surface area (Å²) in [5.41, 5.74) is 8.77. The Morgan fingerprint density at radius 3 is 2.45 bits per heavy atom. The molecule has 1 atom stereocenters. The summed E-state index contributed by atoms with van der Waals surface area (Å²) in [4.78, 5) is 6.47. The van der Waals surface area contributed by atoms with Crippen molar-refractivity contribution >= 4 is 0 Å². The molecule has 0 bridgehead atoms. The van der Waals surface area contributed by atoms with E-state index in [4.69, 9.17) is 5.73 Å². The van der Waals surface area contributed by atoms with Gasteiger partial charge in [-0.2, -0.15) is 0 Å². The van der Waals surface area contributed by atoms with E-state index in [0.717, 1.165) is 26.1 Å². The van der Waals surface area contributed by atoms with E-state index in [1.165, 1.54) is 11.1 Å². The molecule has 3 heteroatoms. The van der Waals surface area contributed by atoms with Gasteiger partial charge in [0.2, 0.25) is 0 Å². The predicted molar refractivity (Wildman–Crippen MR) is 83.2 cm³/mol. The van der Waals surface area contributed by atoms with Crippen LogP contribution in [0.1, 0.15) is 30.5 Å². The molecular formula is C17H23N3. The van der Waals surface area contributed by atoms with Gasteiger partial charge in [-0.15, -0.1) is 0 Å². The SMILES string of the molecule is CCN(CCC(N)c1ccccc1)Cc1ccncc1. The maximum absolute atomic E-state index is 6.25. The van der Waals surface area contributed by atoms with Crippen LogP contribution >= 0.6 is 0 Å². The molecule has 0 saturated carbocycles. The standard InChI is InChI=1S/C17H23N3/c1-2-20(14-15-8-11-19-12-9-15)13-10-17(18)16-6-4-3-5-7-16/h3-9,11-12,17H,2,10,13-14,18H2,1H3. The van der Waals surface area contributed by atoms with Crippen LogP contribution in [0.25, 0.3) is 0 Å². The van der Waals surface area contributed by atoms with Crippen LogP contribution in [-0.4, -0.2) is 23.0 Å².